The molecule has 1 unspecified atom stereocenters. The van der Waals surface area contributed by atoms with Crippen LogP contribution in [0.15, 0.2) is 30.6 Å². The number of amides is 1. The van der Waals surface area contributed by atoms with Crippen LogP contribution >= 0.6 is 0 Å². The standard InChI is InChI=1S/C20H28N4O/c1-13-6-7-14(2)17(8-13)15(3)24(5)20(25)19-11-21-10-18(19)16-9-22-23(4)12-16/h6-9,12,15,18-19,21H,10-11H2,1-5H3/t15?,18-,19+/m1/s1. The smallest absolute Gasteiger partial charge is 0.227 e. The van der Waals surface area contributed by atoms with E-state index < -0.39 is 0 Å². The van der Waals surface area contributed by atoms with Crippen molar-refractivity contribution in [2.75, 3.05) is 20.1 Å². The van der Waals surface area contributed by atoms with Gasteiger partial charge >= 0.3 is 0 Å². The summed E-state index contributed by atoms with van der Waals surface area (Å²) < 4.78 is 1.80. The molecule has 1 aromatic heterocycles. The minimum atomic E-state index is -0.0400. The lowest BCUT2D eigenvalue weighted by Crippen LogP contribution is -2.37. The summed E-state index contributed by atoms with van der Waals surface area (Å²) in [5.41, 5.74) is 4.81. The van der Waals surface area contributed by atoms with Crippen molar-refractivity contribution in [3.63, 3.8) is 0 Å². The van der Waals surface area contributed by atoms with Crippen LogP contribution in [0.2, 0.25) is 0 Å². The third-order valence-electron chi connectivity index (χ3n) is 5.50. The molecule has 0 bridgehead atoms. The number of benzene rings is 1. The Hall–Kier alpha value is -2.14. The van der Waals surface area contributed by atoms with Crippen LogP contribution < -0.4 is 5.32 Å². The van der Waals surface area contributed by atoms with Gasteiger partial charge in [0.15, 0.2) is 0 Å². The van der Waals surface area contributed by atoms with E-state index in [-0.39, 0.29) is 23.8 Å². The van der Waals surface area contributed by atoms with Gasteiger partial charge in [0.05, 0.1) is 18.2 Å². The number of aromatic nitrogens is 2. The number of carbonyl (C=O) groups is 1. The van der Waals surface area contributed by atoms with E-state index in [0.29, 0.717) is 0 Å². The molecule has 25 heavy (non-hydrogen) atoms. The fourth-order valence-corrected chi connectivity index (χ4v) is 3.79. The van der Waals surface area contributed by atoms with Crippen LogP contribution in [0.1, 0.15) is 41.1 Å². The Bertz CT molecular complexity index is 767. The Kier molecular flexibility index (Phi) is 4.95. The minimum Gasteiger partial charge on any atom is -0.339 e. The summed E-state index contributed by atoms with van der Waals surface area (Å²) in [5, 5.41) is 7.65. The molecule has 0 spiro atoms. The Morgan fingerprint density at radius 2 is 2.12 bits per heavy atom. The molecule has 2 heterocycles. The minimum absolute atomic E-state index is 0.0400. The van der Waals surface area contributed by atoms with Crippen LogP contribution in [-0.4, -0.2) is 40.7 Å². The van der Waals surface area contributed by atoms with Gasteiger partial charge in [-0.25, -0.2) is 0 Å². The number of nitrogens with one attached hydrogen (secondary N) is 1. The lowest BCUT2D eigenvalue weighted by molar-refractivity contribution is -0.136. The van der Waals surface area contributed by atoms with E-state index in [4.69, 9.17) is 0 Å². The quantitative estimate of drug-likeness (QED) is 0.931. The highest BCUT2D eigenvalue weighted by molar-refractivity contribution is 5.81. The predicted molar refractivity (Wildman–Crippen MR) is 99.4 cm³/mol. The molecular formula is C20H28N4O. The predicted octanol–water partition coefficient (Wildman–Crippen LogP) is 2.56. The number of carbonyl (C=O) groups excluding carboxylic acids is 1. The first-order valence-corrected chi connectivity index (χ1v) is 8.91. The molecule has 1 N–H and O–H groups in total. The summed E-state index contributed by atoms with van der Waals surface area (Å²) in [4.78, 5) is 15.1. The number of aryl methyl sites for hydroxylation is 3. The Labute approximate surface area is 150 Å². The van der Waals surface area contributed by atoms with Gasteiger partial charge in [0.1, 0.15) is 0 Å². The summed E-state index contributed by atoms with van der Waals surface area (Å²) in [5.74, 6) is 0.350. The van der Waals surface area contributed by atoms with Gasteiger partial charge in [0.2, 0.25) is 5.91 Å². The molecule has 1 amide bonds. The molecule has 1 aromatic carbocycles. The Balaban J connectivity index is 1.80. The van der Waals surface area contributed by atoms with Crippen molar-refractivity contribution in [3.05, 3.63) is 52.8 Å². The fourth-order valence-electron chi connectivity index (χ4n) is 3.79. The largest absolute Gasteiger partial charge is 0.339 e. The van der Waals surface area contributed by atoms with Gasteiger partial charge in [0.25, 0.3) is 0 Å². The van der Waals surface area contributed by atoms with Gasteiger partial charge in [-0.15, -0.1) is 0 Å². The zero-order chi connectivity index (χ0) is 18.1. The first kappa shape index (κ1) is 17.7. The van der Waals surface area contributed by atoms with Gasteiger partial charge in [-0.2, -0.15) is 5.10 Å². The zero-order valence-corrected chi connectivity index (χ0v) is 15.8. The highest BCUT2D eigenvalue weighted by Gasteiger charge is 2.37. The van der Waals surface area contributed by atoms with Gasteiger partial charge < -0.3 is 10.2 Å². The lowest BCUT2D eigenvalue weighted by atomic mass is 9.89. The van der Waals surface area contributed by atoms with E-state index in [0.717, 1.165) is 18.7 Å². The number of rotatable bonds is 4. The molecular weight excluding hydrogens is 312 g/mol. The van der Waals surface area contributed by atoms with Gasteiger partial charge in [-0.05, 0) is 37.5 Å². The van der Waals surface area contributed by atoms with Crippen molar-refractivity contribution in [2.45, 2.75) is 32.7 Å². The van der Waals surface area contributed by atoms with Crippen molar-refractivity contribution in [2.24, 2.45) is 13.0 Å². The van der Waals surface area contributed by atoms with E-state index in [1.807, 2.05) is 31.4 Å². The van der Waals surface area contributed by atoms with Crippen LogP contribution in [0, 0.1) is 19.8 Å². The SMILES string of the molecule is Cc1ccc(C)c(C(C)N(C)C(=O)[C@H]2CNC[C@@H]2c2cnn(C)c2)c1. The van der Waals surface area contributed by atoms with Crippen molar-refractivity contribution in [3.8, 4) is 0 Å². The van der Waals surface area contributed by atoms with Crippen molar-refractivity contribution >= 4 is 5.91 Å². The Morgan fingerprint density at radius 3 is 2.80 bits per heavy atom. The monoisotopic (exact) mass is 340 g/mol. The molecule has 0 radical (unpaired) electrons. The van der Waals surface area contributed by atoms with Crippen molar-refractivity contribution < 1.29 is 4.79 Å². The third kappa shape index (κ3) is 3.47. The van der Waals surface area contributed by atoms with E-state index in [1.165, 1.54) is 16.7 Å². The molecule has 5 nitrogen and oxygen atoms in total. The summed E-state index contributed by atoms with van der Waals surface area (Å²) in [6, 6.07) is 6.50. The van der Waals surface area contributed by atoms with E-state index in [2.05, 4.69) is 49.4 Å². The molecule has 134 valence electrons. The van der Waals surface area contributed by atoms with E-state index in [9.17, 15) is 4.79 Å². The van der Waals surface area contributed by atoms with Crippen LogP contribution in [-0.2, 0) is 11.8 Å². The van der Waals surface area contributed by atoms with E-state index in [1.54, 1.807) is 4.68 Å². The molecule has 3 rings (SSSR count). The second kappa shape index (κ2) is 7.00. The number of hydrogen-bond acceptors (Lipinski definition) is 3. The first-order valence-electron chi connectivity index (χ1n) is 8.91. The first-order chi connectivity index (χ1) is 11.9. The molecule has 0 saturated carbocycles. The second-order valence-electron chi connectivity index (χ2n) is 7.30. The molecule has 1 fully saturated rings. The van der Waals surface area contributed by atoms with Crippen LogP contribution in [0.25, 0.3) is 0 Å². The van der Waals surface area contributed by atoms with Crippen LogP contribution in [0.4, 0.5) is 0 Å². The average Bonchev–Trinajstić information content (AvgIpc) is 3.23. The maximum atomic E-state index is 13.2. The molecule has 5 heteroatoms. The van der Waals surface area contributed by atoms with Gasteiger partial charge in [0, 0.05) is 39.3 Å². The highest BCUT2D eigenvalue weighted by atomic mass is 16.2. The van der Waals surface area contributed by atoms with Crippen molar-refractivity contribution in [1.29, 1.82) is 0 Å². The lowest BCUT2D eigenvalue weighted by Gasteiger charge is -2.30. The second-order valence-corrected chi connectivity index (χ2v) is 7.30. The highest BCUT2D eigenvalue weighted by Crippen LogP contribution is 2.32. The summed E-state index contributed by atoms with van der Waals surface area (Å²) in [7, 11) is 3.84. The topological polar surface area (TPSA) is 50.2 Å². The summed E-state index contributed by atoms with van der Waals surface area (Å²) in [6.45, 7) is 7.87. The molecule has 2 aromatic rings. The maximum absolute atomic E-state index is 13.2. The summed E-state index contributed by atoms with van der Waals surface area (Å²) in [6.07, 6.45) is 3.90. The normalized spacial score (nSPS) is 21.3. The van der Waals surface area contributed by atoms with Crippen molar-refractivity contribution in [1.82, 2.24) is 20.0 Å². The number of hydrogen-bond donors (Lipinski definition) is 1. The third-order valence-corrected chi connectivity index (χ3v) is 5.50. The number of nitrogens with zero attached hydrogens (tertiary/aromatic N) is 3. The van der Waals surface area contributed by atoms with E-state index >= 15 is 0 Å². The Morgan fingerprint density at radius 1 is 1.36 bits per heavy atom. The maximum Gasteiger partial charge on any atom is 0.227 e. The molecule has 0 aliphatic carbocycles. The average molecular weight is 340 g/mol. The molecule has 1 aliphatic heterocycles. The molecule has 3 atom stereocenters. The molecule has 1 saturated heterocycles. The van der Waals surface area contributed by atoms with Crippen LogP contribution in [0.5, 0.6) is 0 Å². The summed E-state index contributed by atoms with van der Waals surface area (Å²) >= 11 is 0. The van der Waals surface area contributed by atoms with Crippen LogP contribution in [0.3, 0.4) is 0 Å². The van der Waals surface area contributed by atoms with Gasteiger partial charge in [-0.3, -0.25) is 9.48 Å². The van der Waals surface area contributed by atoms with Gasteiger partial charge in [-0.1, -0.05) is 23.8 Å². The fraction of sp³-hybridized carbons (Fsp3) is 0.500. The molecule has 1 aliphatic rings. The zero-order valence-electron chi connectivity index (χ0n) is 15.8.